The Labute approximate surface area is 131 Å². The minimum Gasteiger partial charge on any atom is -0.303 e. The van der Waals surface area contributed by atoms with Crippen molar-refractivity contribution < 1.29 is 0 Å². The van der Waals surface area contributed by atoms with Gasteiger partial charge in [0.25, 0.3) is 0 Å². The zero-order valence-corrected chi connectivity index (χ0v) is 13.8. The lowest BCUT2D eigenvalue weighted by Crippen LogP contribution is -2.22. The standard InChI is InChI=1S/C15H15BrClNS/c1-9(10-3-2-4-11(16)7-10)18-13-5-6-14-12(13)8-15(17)19-14/h2-4,7-9,13,18H,5-6H2,1H3/t9-,13?/m0/s1. The van der Waals surface area contributed by atoms with Gasteiger partial charge >= 0.3 is 0 Å². The van der Waals surface area contributed by atoms with E-state index < -0.39 is 0 Å². The lowest BCUT2D eigenvalue weighted by molar-refractivity contribution is 0.465. The molecule has 100 valence electrons. The van der Waals surface area contributed by atoms with Crippen LogP contribution in [0, 0.1) is 0 Å². The molecule has 0 saturated heterocycles. The second-order valence-electron chi connectivity index (χ2n) is 4.96. The SMILES string of the molecule is C[C@H](NC1CCc2sc(Cl)cc21)c1cccc(Br)c1. The Kier molecular flexibility index (Phi) is 3.99. The molecule has 1 aromatic heterocycles. The van der Waals surface area contributed by atoms with Crippen LogP contribution in [0.1, 0.15) is 41.4 Å². The molecule has 0 fully saturated rings. The molecule has 0 radical (unpaired) electrons. The Balaban J connectivity index is 1.75. The molecule has 1 nitrogen and oxygen atoms in total. The van der Waals surface area contributed by atoms with Crippen molar-refractivity contribution in [2.75, 3.05) is 0 Å². The summed E-state index contributed by atoms with van der Waals surface area (Å²) in [6, 6.07) is 11.4. The Morgan fingerprint density at radius 2 is 2.26 bits per heavy atom. The van der Waals surface area contributed by atoms with Crippen molar-refractivity contribution in [1.29, 1.82) is 0 Å². The van der Waals surface area contributed by atoms with Crippen LogP contribution in [0.2, 0.25) is 4.34 Å². The van der Waals surface area contributed by atoms with E-state index in [4.69, 9.17) is 11.6 Å². The second-order valence-corrected chi connectivity index (χ2v) is 7.65. The molecular formula is C15H15BrClNS. The van der Waals surface area contributed by atoms with Crippen LogP contribution >= 0.6 is 38.9 Å². The van der Waals surface area contributed by atoms with Crippen LogP contribution in [0.4, 0.5) is 0 Å². The predicted octanol–water partition coefficient (Wildman–Crippen LogP) is 5.50. The van der Waals surface area contributed by atoms with Gasteiger partial charge < -0.3 is 5.32 Å². The van der Waals surface area contributed by atoms with Crippen molar-refractivity contribution >= 4 is 38.9 Å². The fourth-order valence-electron chi connectivity index (χ4n) is 2.68. The first-order valence-electron chi connectivity index (χ1n) is 6.43. The minimum atomic E-state index is 0.340. The van der Waals surface area contributed by atoms with Gasteiger partial charge in [0.1, 0.15) is 0 Å². The lowest BCUT2D eigenvalue weighted by atomic mass is 10.1. The van der Waals surface area contributed by atoms with Gasteiger partial charge in [-0.2, -0.15) is 0 Å². The highest BCUT2D eigenvalue weighted by Crippen LogP contribution is 2.40. The van der Waals surface area contributed by atoms with Crippen LogP contribution in [-0.2, 0) is 6.42 Å². The van der Waals surface area contributed by atoms with Crippen LogP contribution in [0.5, 0.6) is 0 Å². The van der Waals surface area contributed by atoms with Crippen molar-refractivity contribution in [3.05, 3.63) is 55.1 Å². The largest absolute Gasteiger partial charge is 0.303 e. The number of aryl methyl sites for hydroxylation is 1. The molecule has 2 atom stereocenters. The molecule has 1 N–H and O–H groups in total. The van der Waals surface area contributed by atoms with Crippen molar-refractivity contribution in [1.82, 2.24) is 5.32 Å². The molecule has 0 bridgehead atoms. The lowest BCUT2D eigenvalue weighted by Gasteiger charge is -2.20. The highest BCUT2D eigenvalue weighted by molar-refractivity contribution is 9.10. The molecule has 2 aromatic rings. The first kappa shape index (κ1) is 13.6. The maximum Gasteiger partial charge on any atom is 0.0934 e. The predicted molar refractivity (Wildman–Crippen MR) is 86.1 cm³/mol. The van der Waals surface area contributed by atoms with Gasteiger partial charge in [-0.3, -0.25) is 0 Å². The molecular weight excluding hydrogens is 342 g/mol. The monoisotopic (exact) mass is 355 g/mol. The second kappa shape index (κ2) is 5.57. The molecule has 0 spiro atoms. The fourth-order valence-corrected chi connectivity index (χ4v) is 4.45. The van der Waals surface area contributed by atoms with Gasteiger partial charge in [0.05, 0.1) is 4.34 Å². The first-order chi connectivity index (χ1) is 9.13. The van der Waals surface area contributed by atoms with Crippen molar-refractivity contribution in [2.45, 2.75) is 31.8 Å². The molecule has 1 aliphatic carbocycles. The summed E-state index contributed by atoms with van der Waals surface area (Å²) < 4.78 is 2.04. The van der Waals surface area contributed by atoms with E-state index in [1.807, 2.05) is 0 Å². The van der Waals surface area contributed by atoms with E-state index in [0.717, 1.165) is 15.2 Å². The molecule has 0 amide bonds. The number of hydrogen-bond acceptors (Lipinski definition) is 2. The van der Waals surface area contributed by atoms with Crippen LogP contribution in [0.25, 0.3) is 0 Å². The number of thiophene rings is 1. The highest BCUT2D eigenvalue weighted by atomic mass is 79.9. The Bertz CT molecular complexity index is 596. The Morgan fingerprint density at radius 1 is 1.42 bits per heavy atom. The number of nitrogens with one attached hydrogen (secondary N) is 1. The maximum absolute atomic E-state index is 6.10. The third-order valence-electron chi connectivity index (χ3n) is 3.65. The Hall–Kier alpha value is -0.350. The van der Waals surface area contributed by atoms with Gasteiger partial charge in [-0.1, -0.05) is 39.7 Å². The summed E-state index contributed by atoms with van der Waals surface area (Å²) in [7, 11) is 0. The van der Waals surface area contributed by atoms with E-state index in [1.165, 1.54) is 22.4 Å². The maximum atomic E-state index is 6.10. The minimum absolute atomic E-state index is 0.340. The van der Waals surface area contributed by atoms with E-state index in [2.05, 4.69) is 58.5 Å². The number of fused-ring (bicyclic) bond motifs is 1. The van der Waals surface area contributed by atoms with Gasteiger partial charge in [0, 0.05) is 21.4 Å². The van der Waals surface area contributed by atoms with Crippen LogP contribution in [0.15, 0.2) is 34.8 Å². The number of halogens is 2. The van der Waals surface area contributed by atoms with E-state index in [1.54, 1.807) is 11.3 Å². The van der Waals surface area contributed by atoms with E-state index in [-0.39, 0.29) is 0 Å². The summed E-state index contributed by atoms with van der Waals surface area (Å²) in [6.07, 6.45) is 2.33. The molecule has 1 aromatic carbocycles. The topological polar surface area (TPSA) is 12.0 Å². The van der Waals surface area contributed by atoms with E-state index >= 15 is 0 Å². The third kappa shape index (κ3) is 2.89. The van der Waals surface area contributed by atoms with Crippen LogP contribution in [-0.4, -0.2) is 0 Å². The zero-order valence-electron chi connectivity index (χ0n) is 10.6. The average Bonchev–Trinajstić information content (AvgIpc) is 2.90. The smallest absolute Gasteiger partial charge is 0.0934 e. The summed E-state index contributed by atoms with van der Waals surface area (Å²) in [5.41, 5.74) is 2.71. The normalized spacial score (nSPS) is 19.4. The molecule has 1 aliphatic rings. The van der Waals surface area contributed by atoms with Crippen LogP contribution < -0.4 is 5.32 Å². The molecule has 4 heteroatoms. The summed E-state index contributed by atoms with van der Waals surface area (Å²) >= 11 is 11.4. The average molecular weight is 357 g/mol. The Morgan fingerprint density at radius 3 is 3.05 bits per heavy atom. The van der Waals surface area contributed by atoms with Crippen molar-refractivity contribution in [3.8, 4) is 0 Å². The number of rotatable bonds is 3. The quantitative estimate of drug-likeness (QED) is 0.765. The third-order valence-corrected chi connectivity index (χ3v) is 5.48. The van der Waals surface area contributed by atoms with Gasteiger partial charge in [0.2, 0.25) is 0 Å². The molecule has 3 rings (SSSR count). The van der Waals surface area contributed by atoms with E-state index in [9.17, 15) is 0 Å². The van der Waals surface area contributed by atoms with Crippen LogP contribution in [0.3, 0.4) is 0 Å². The molecule has 0 saturated carbocycles. The van der Waals surface area contributed by atoms with Gasteiger partial charge in [-0.05, 0) is 49.1 Å². The summed E-state index contributed by atoms with van der Waals surface area (Å²) in [4.78, 5) is 1.45. The van der Waals surface area contributed by atoms with Crippen molar-refractivity contribution in [2.24, 2.45) is 0 Å². The van der Waals surface area contributed by atoms with E-state index in [0.29, 0.717) is 12.1 Å². The first-order valence-corrected chi connectivity index (χ1v) is 8.42. The number of benzene rings is 1. The number of hydrogen-bond donors (Lipinski definition) is 1. The zero-order chi connectivity index (χ0) is 13.4. The molecule has 1 heterocycles. The molecule has 0 aliphatic heterocycles. The van der Waals surface area contributed by atoms with Crippen molar-refractivity contribution in [3.63, 3.8) is 0 Å². The van der Waals surface area contributed by atoms with Gasteiger partial charge in [0.15, 0.2) is 0 Å². The fraction of sp³-hybridized carbons (Fsp3) is 0.333. The molecule has 1 unspecified atom stereocenters. The summed E-state index contributed by atoms with van der Waals surface area (Å²) in [5.74, 6) is 0. The summed E-state index contributed by atoms with van der Waals surface area (Å²) in [5, 5.41) is 3.72. The highest BCUT2D eigenvalue weighted by Gasteiger charge is 2.26. The summed E-state index contributed by atoms with van der Waals surface area (Å²) in [6.45, 7) is 2.22. The molecule has 19 heavy (non-hydrogen) atoms. The van der Waals surface area contributed by atoms with Gasteiger partial charge in [-0.15, -0.1) is 11.3 Å². The van der Waals surface area contributed by atoms with Gasteiger partial charge in [-0.25, -0.2) is 0 Å².